The molecule has 0 radical (unpaired) electrons. The van der Waals surface area contributed by atoms with Crippen molar-refractivity contribution >= 4 is 51.3 Å². The average molecular weight is 412 g/mol. The Labute approximate surface area is 171 Å². The molecular weight excluding hydrogens is 397 g/mol. The molecule has 1 aliphatic rings. The van der Waals surface area contributed by atoms with Gasteiger partial charge in [-0.25, -0.2) is 9.88 Å². The van der Waals surface area contributed by atoms with Crippen molar-refractivity contribution in [2.75, 3.05) is 4.90 Å². The Bertz CT molecular complexity index is 1120. The smallest absolute Gasteiger partial charge is 0.267 e. The molecule has 2 amide bonds. The number of aromatic nitrogens is 2. The number of carbonyl (C=O) groups excluding carboxylic acids is 2. The van der Waals surface area contributed by atoms with Crippen LogP contribution in [0.15, 0.2) is 61.1 Å². The molecule has 28 heavy (non-hydrogen) atoms. The van der Waals surface area contributed by atoms with E-state index in [0.29, 0.717) is 28.5 Å². The minimum atomic E-state index is -0.470. The molecule has 4 rings (SSSR count). The van der Waals surface area contributed by atoms with E-state index in [4.69, 9.17) is 23.2 Å². The minimum Gasteiger partial charge on any atom is -0.325 e. The third kappa shape index (κ3) is 3.13. The zero-order valence-corrected chi connectivity index (χ0v) is 16.4. The molecule has 1 aromatic heterocycles. The van der Waals surface area contributed by atoms with E-state index in [0.717, 1.165) is 10.5 Å². The Morgan fingerprint density at radius 3 is 2.61 bits per heavy atom. The molecule has 5 nitrogen and oxygen atoms in total. The highest BCUT2D eigenvalue weighted by atomic mass is 35.5. The second-order valence-electron chi connectivity index (χ2n) is 6.40. The maximum absolute atomic E-state index is 13.0. The fourth-order valence-corrected chi connectivity index (χ4v) is 3.81. The van der Waals surface area contributed by atoms with Gasteiger partial charge in [0.15, 0.2) is 0 Å². The van der Waals surface area contributed by atoms with Crippen molar-refractivity contribution in [1.82, 2.24) is 9.55 Å². The van der Waals surface area contributed by atoms with Crippen LogP contribution in [0, 0.1) is 0 Å². The summed E-state index contributed by atoms with van der Waals surface area (Å²) in [4.78, 5) is 30.4. The summed E-state index contributed by atoms with van der Waals surface area (Å²) in [5.74, 6) is -0.868. The Balaban J connectivity index is 1.83. The van der Waals surface area contributed by atoms with Crippen LogP contribution >= 0.6 is 23.2 Å². The van der Waals surface area contributed by atoms with Crippen LogP contribution in [0.2, 0.25) is 5.02 Å². The number of hydrogen-bond donors (Lipinski definition) is 0. The summed E-state index contributed by atoms with van der Waals surface area (Å²) in [6.07, 6.45) is 3.27. The molecule has 0 atom stereocenters. The van der Waals surface area contributed by atoms with E-state index in [9.17, 15) is 9.59 Å². The number of hydrogen-bond acceptors (Lipinski definition) is 3. The monoisotopic (exact) mass is 411 g/mol. The third-order valence-corrected chi connectivity index (χ3v) is 5.17. The number of nitrogens with zero attached hydrogens (tertiary/aromatic N) is 3. The molecule has 1 aliphatic heterocycles. The predicted octanol–water partition coefficient (Wildman–Crippen LogP) is 4.59. The molecule has 2 aromatic carbocycles. The van der Waals surface area contributed by atoms with E-state index in [-0.39, 0.29) is 10.6 Å². The normalized spacial score (nSPS) is 15.0. The maximum atomic E-state index is 13.0. The van der Waals surface area contributed by atoms with Gasteiger partial charge in [-0.3, -0.25) is 9.59 Å². The van der Waals surface area contributed by atoms with Crippen molar-refractivity contribution in [3.8, 4) is 0 Å². The van der Waals surface area contributed by atoms with Gasteiger partial charge in [-0.2, -0.15) is 0 Å². The molecule has 0 fully saturated rings. The number of imidazole rings is 1. The molecular formula is C21H15Cl2N3O2. The minimum absolute atomic E-state index is 0.241. The first-order valence-electron chi connectivity index (χ1n) is 8.56. The number of halogens is 2. The van der Waals surface area contributed by atoms with Gasteiger partial charge in [0.2, 0.25) is 5.91 Å². The average Bonchev–Trinajstić information content (AvgIpc) is 3.23. The number of anilines is 1. The van der Waals surface area contributed by atoms with Gasteiger partial charge in [0.25, 0.3) is 5.91 Å². The molecule has 0 N–H and O–H groups in total. The molecule has 140 valence electrons. The van der Waals surface area contributed by atoms with Crippen LogP contribution in [0.3, 0.4) is 0 Å². The van der Waals surface area contributed by atoms with E-state index in [1.165, 1.54) is 6.92 Å². The van der Waals surface area contributed by atoms with Crippen molar-refractivity contribution in [1.29, 1.82) is 0 Å². The van der Waals surface area contributed by atoms with Gasteiger partial charge in [0, 0.05) is 24.1 Å². The van der Waals surface area contributed by atoms with Crippen LogP contribution in [0.1, 0.15) is 23.7 Å². The number of imide groups is 1. The van der Waals surface area contributed by atoms with Crippen molar-refractivity contribution in [3.63, 3.8) is 0 Å². The summed E-state index contributed by atoms with van der Waals surface area (Å²) in [6, 6.07) is 14.8. The van der Waals surface area contributed by atoms with E-state index < -0.39 is 11.8 Å². The van der Waals surface area contributed by atoms with Crippen molar-refractivity contribution in [3.05, 3.63) is 82.9 Å². The van der Waals surface area contributed by atoms with Crippen molar-refractivity contribution < 1.29 is 9.59 Å². The Morgan fingerprint density at radius 1 is 1.14 bits per heavy atom. The highest BCUT2D eigenvalue weighted by Gasteiger charge is 2.37. The van der Waals surface area contributed by atoms with Gasteiger partial charge in [-0.15, -0.1) is 0 Å². The van der Waals surface area contributed by atoms with Crippen molar-refractivity contribution in [2.24, 2.45) is 0 Å². The van der Waals surface area contributed by atoms with E-state index >= 15 is 0 Å². The molecule has 0 aliphatic carbocycles. The summed E-state index contributed by atoms with van der Waals surface area (Å²) >= 11 is 12.8. The Morgan fingerprint density at radius 2 is 1.89 bits per heavy atom. The highest BCUT2D eigenvalue weighted by Crippen LogP contribution is 2.43. The molecule has 0 saturated carbocycles. The topological polar surface area (TPSA) is 55.2 Å². The Kier molecular flexibility index (Phi) is 4.79. The van der Waals surface area contributed by atoms with Gasteiger partial charge in [-0.05, 0) is 17.7 Å². The number of rotatable bonds is 3. The SMILES string of the molecule is CC(=O)N1C(=O)C(=C(Cl)c2cncn2Cc2ccccc2)c2ccc(Cl)cc21. The first-order valence-corrected chi connectivity index (χ1v) is 9.32. The van der Waals surface area contributed by atoms with Crippen LogP contribution in [0.25, 0.3) is 10.6 Å². The molecule has 0 saturated heterocycles. The lowest BCUT2D eigenvalue weighted by Gasteiger charge is -2.12. The number of fused-ring (bicyclic) bond motifs is 1. The van der Waals surface area contributed by atoms with E-state index in [1.54, 1.807) is 30.7 Å². The van der Waals surface area contributed by atoms with Gasteiger partial charge in [0.05, 0.1) is 34.5 Å². The largest absolute Gasteiger partial charge is 0.325 e. The van der Waals surface area contributed by atoms with Crippen LogP contribution in [-0.2, 0) is 16.1 Å². The lowest BCUT2D eigenvalue weighted by atomic mass is 10.1. The van der Waals surface area contributed by atoms with Gasteiger partial charge < -0.3 is 4.57 Å². The van der Waals surface area contributed by atoms with Crippen LogP contribution in [0.4, 0.5) is 5.69 Å². The molecule has 7 heteroatoms. The zero-order chi connectivity index (χ0) is 19.8. The summed E-state index contributed by atoms with van der Waals surface area (Å²) in [7, 11) is 0. The molecule has 2 heterocycles. The molecule has 0 bridgehead atoms. The molecule has 0 spiro atoms. The van der Waals surface area contributed by atoms with Gasteiger partial charge in [-0.1, -0.05) is 59.6 Å². The third-order valence-electron chi connectivity index (χ3n) is 4.55. The second-order valence-corrected chi connectivity index (χ2v) is 7.22. The highest BCUT2D eigenvalue weighted by molar-refractivity contribution is 6.60. The van der Waals surface area contributed by atoms with E-state index in [1.807, 2.05) is 34.9 Å². The summed E-state index contributed by atoms with van der Waals surface area (Å²) in [5.41, 5.74) is 2.94. The number of carbonyl (C=O) groups is 2. The quantitative estimate of drug-likeness (QED) is 0.592. The summed E-state index contributed by atoms with van der Waals surface area (Å²) in [5, 5.41) is 0.676. The predicted molar refractivity (Wildman–Crippen MR) is 110 cm³/mol. The van der Waals surface area contributed by atoms with Gasteiger partial charge >= 0.3 is 0 Å². The molecule has 3 aromatic rings. The standard InChI is InChI=1S/C21H15Cl2N3O2/c1-13(27)26-17-9-15(22)7-8-16(17)19(21(26)28)20(23)18-10-24-12-25(18)11-14-5-3-2-4-6-14/h2-10,12H,11H2,1H3. The van der Waals surface area contributed by atoms with E-state index in [2.05, 4.69) is 4.98 Å². The molecule has 0 unspecified atom stereocenters. The lowest BCUT2D eigenvalue weighted by Crippen LogP contribution is -2.31. The van der Waals surface area contributed by atoms with Gasteiger partial charge in [0.1, 0.15) is 0 Å². The van der Waals surface area contributed by atoms with Crippen LogP contribution in [-0.4, -0.2) is 21.4 Å². The fraction of sp³-hybridized carbons (Fsp3) is 0.0952. The lowest BCUT2D eigenvalue weighted by molar-refractivity contribution is -0.122. The first kappa shape index (κ1) is 18.5. The summed E-state index contributed by atoms with van der Waals surface area (Å²) in [6.45, 7) is 1.89. The number of amides is 2. The van der Waals surface area contributed by atoms with Crippen LogP contribution in [0.5, 0.6) is 0 Å². The van der Waals surface area contributed by atoms with Crippen LogP contribution < -0.4 is 4.90 Å². The Hall–Kier alpha value is -2.89. The second kappa shape index (κ2) is 7.26. The number of benzene rings is 2. The fourth-order valence-electron chi connectivity index (χ4n) is 3.30. The maximum Gasteiger partial charge on any atom is 0.267 e. The zero-order valence-electron chi connectivity index (χ0n) is 14.9. The van der Waals surface area contributed by atoms with Crippen molar-refractivity contribution in [2.45, 2.75) is 13.5 Å². The first-order chi connectivity index (χ1) is 13.5. The summed E-state index contributed by atoms with van der Waals surface area (Å²) < 4.78 is 1.87.